The molecule has 0 aliphatic rings. The van der Waals surface area contributed by atoms with Gasteiger partial charge in [-0.2, -0.15) is 10.1 Å². The van der Waals surface area contributed by atoms with Crippen LogP contribution < -0.4 is 19.2 Å². The standard InChI is InChI=1S/C24H18FN5O8S/c1-36-19-6-13(7-20(37-2)22(19)38-3)12-26-28(24-27-18-5-4-15(25)10-21(18)39-24)23(31)14-8-16(29(32)33)11-17(9-14)30(34)35/h4-12H,1-3H3/b26-12+. The molecule has 0 fully saturated rings. The number of hydrazone groups is 1. The summed E-state index contributed by atoms with van der Waals surface area (Å²) in [6, 6.07) is 9.46. The molecule has 0 radical (unpaired) electrons. The molecule has 0 saturated heterocycles. The van der Waals surface area contributed by atoms with Crippen molar-refractivity contribution >= 4 is 50.2 Å². The Kier molecular flexibility index (Phi) is 7.62. The van der Waals surface area contributed by atoms with Crippen molar-refractivity contribution in [2.75, 3.05) is 26.3 Å². The molecule has 0 saturated carbocycles. The minimum absolute atomic E-state index is 0.0153. The maximum atomic E-state index is 13.8. The molecule has 1 heterocycles. The zero-order valence-corrected chi connectivity index (χ0v) is 21.3. The average Bonchev–Trinajstić information content (AvgIpc) is 3.34. The van der Waals surface area contributed by atoms with Crippen molar-refractivity contribution in [3.63, 3.8) is 0 Å². The lowest BCUT2D eigenvalue weighted by Crippen LogP contribution is -2.26. The van der Waals surface area contributed by atoms with Crippen LogP contribution in [0.2, 0.25) is 0 Å². The number of nitro groups is 2. The number of hydrogen-bond acceptors (Lipinski definition) is 11. The molecule has 39 heavy (non-hydrogen) atoms. The zero-order valence-electron chi connectivity index (χ0n) is 20.5. The number of anilines is 1. The van der Waals surface area contributed by atoms with Crippen LogP contribution in [0, 0.1) is 26.0 Å². The minimum Gasteiger partial charge on any atom is -0.493 e. The van der Waals surface area contributed by atoms with Gasteiger partial charge in [-0.3, -0.25) is 25.0 Å². The second kappa shape index (κ2) is 11.1. The van der Waals surface area contributed by atoms with E-state index in [1.54, 1.807) is 12.1 Å². The van der Waals surface area contributed by atoms with Gasteiger partial charge in [-0.15, -0.1) is 0 Å². The molecule has 13 nitrogen and oxygen atoms in total. The van der Waals surface area contributed by atoms with E-state index in [4.69, 9.17) is 14.2 Å². The number of rotatable bonds is 9. The molecule has 200 valence electrons. The largest absolute Gasteiger partial charge is 0.493 e. The molecule has 1 aromatic heterocycles. The van der Waals surface area contributed by atoms with Gasteiger partial charge in [0.1, 0.15) is 5.82 Å². The normalized spacial score (nSPS) is 11.0. The molecule has 4 aromatic rings. The number of methoxy groups -OCH3 is 3. The molecular weight excluding hydrogens is 537 g/mol. The zero-order chi connectivity index (χ0) is 28.3. The summed E-state index contributed by atoms with van der Waals surface area (Å²) in [4.78, 5) is 39.0. The van der Waals surface area contributed by atoms with Crippen molar-refractivity contribution in [1.82, 2.24) is 4.98 Å². The topological polar surface area (TPSA) is 160 Å². The molecular formula is C24H18FN5O8S. The number of non-ortho nitro benzene ring substituents is 2. The Labute approximate surface area is 223 Å². The lowest BCUT2D eigenvalue weighted by molar-refractivity contribution is -0.394. The van der Waals surface area contributed by atoms with Crippen LogP contribution in [0.25, 0.3) is 10.2 Å². The molecule has 0 unspecified atom stereocenters. The van der Waals surface area contributed by atoms with Gasteiger partial charge in [0.05, 0.1) is 59.2 Å². The van der Waals surface area contributed by atoms with Crippen LogP contribution in [0.4, 0.5) is 20.9 Å². The summed E-state index contributed by atoms with van der Waals surface area (Å²) in [6.07, 6.45) is 1.26. The Morgan fingerprint density at radius 2 is 1.59 bits per heavy atom. The lowest BCUT2D eigenvalue weighted by atomic mass is 10.1. The van der Waals surface area contributed by atoms with Gasteiger partial charge in [0.15, 0.2) is 11.5 Å². The number of halogens is 1. The summed E-state index contributed by atoms with van der Waals surface area (Å²) in [5.41, 5.74) is -0.940. The number of amides is 1. The van der Waals surface area contributed by atoms with Gasteiger partial charge in [0.25, 0.3) is 17.3 Å². The van der Waals surface area contributed by atoms with Gasteiger partial charge in [-0.05, 0) is 30.3 Å². The number of aromatic nitrogens is 1. The third-order valence-electron chi connectivity index (χ3n) is 5.29. The number of thiazole rings is 1. The van der Waals surface area contributed by atoms with E-state index in [-0.39, 0.29) is 10.7 Å². The van der Waals surface area contributed by atoms with Gasteiger partial charge < -0.3 is 14.2 Å². The Morgan fingerprint density at radius 1 is 0.974 bits per heavy atom. The van der Waals surface area contributed by atoms with Gasteiger partial charge in [-0.1, -0.05) is 11.3 Å². The van der Waals surface area contributed by atoms with Crippen LogP contribution in [0.5, 0.6) is 17.2 Å². The first-order chi connectivity index (χ1) is 18.6. The Bertz CT molecular complexity index is 1580. The van der Waals surface area contributed by atoms with Crippen molar-refractivity contribution < 1.29 is 33.2 Å². The van der Waals surface area contributed by atoms with Gasteiger partial charge >= 0.3 is 0 Å². The minimum atomic E-state index is -0.954. The van der Waals surface area contributed by atoms with E-state index in [2.05, 4.69) is 10.1 Å². The highest BCUT2D eigenvalue weighted by atomic mass is 32.1. The first kappa shape index (κ1) is 26.9. The van der Waals surface area contributed by atoms with Gasteiger partial charge in [-0.25, -0.2) is 9.37 Å². The first-order valence-electron chi connectivity index (χ1n) is 10.8. The maximum absolute atomic E-state index is 13.8. The van der Waals surface area contributed by atoms with E-state index in [0.29, 0.717) is 33.0 Å². The van der Waals surface area contributed by atoms with Crippen molar-refractivity contribution in [3.8, 4) is 17.2 Å². The van der Waals surface area contributed by atoms with E-state index in [1.165, 1.54) is 45.7 Å². The Balaban J connectivity index is 1.86. The van der Waals surface area contributed by atoms with Crippen molar-refractivity contribution in [2.24, 2.45) is 5.10 Å². The molecule has 1 amide bonds. The maximum Gasteiger partial charge on any atom is 0.281 e. The molecule has 0 spiro atoms. The van der Waals surface area contributed by atoms with E-state index in [9.17, 15) is 29.4 Å². The molecule has 0 aliphatic heterocycles. The second-order valence-electron chi connectivity index (χ2n) is 7.68. The third kappa shape index (κ3) is 5.57. The summed E-state index contributed by atoms with van der Waals surface area (Å²) in [5.74, 6) is -0.542. The van der Waals surface area contributed by atoms with E-state index < -0.39 is 32.9 Å². The Morgan fingerprint density at radius 3 is 2.13 bits per heavy atom. The molecule has 3 aromatic carbocycles. The average molecular weight is 556 g/mol. The summed E-state index contributed by atoms with van der Waals surface area (Å²) in [5, 5.41) is 27.8. The smallest absolute Gasteiger partial charge is 0.281 e. The summed E-state index contributed by atoms with van der Waals surface area (Å²) in [6.45, 7) is 0. The quantitative estimate of drug-likeness (QED) is 0.158. The number of carbonyl (C=O) groups is 1. The summed E-state index contributed by atoms with van der Waals surface area (Å²) < 4.78 is 30.1. The molecule has 0 bridgehead atoms. The third-order valence-corrected chi connectivity index (χ3v) is 6.29. The fourth-order valence-corrected chi connectivity index (χ4v) is 4.46. The fourth-order valence-electron chi connectivity index (χ4n) is 3.52. The lowest BCUT2D eigenvalue weighted by Gasteiger charge is -2.15. The Hall–Kier alpha value is -5.18. The van der Waals surface area contributed by atoms with Crippen LogP contribution in [-0.2, 0) is 0 Å². The summed E-state index contributed by atoms with van der Waals surface area (Å²) >= 11 is 0.923. The number of ether oxygens (including phenoxy) is 3. The number of carbonyl (C=O) groups excluding carboxylic acids is 1. The number of nitrogens with zero attached hydrogens (tertiary/aromatic N) is 5. The van der Waals surface area contributed by atoms with Crippen LogP contribution in [-0.4, -0.2) is 48.3 Å². The highest BCUT2D eigenvalue weighted by molar-refractivity contribution is 7.22. The van der Waals surface area contributed by atoms with E-state index in [1.807, 2.05) is 0 Å². The van der Waals surface area contributed by atoms with E-state index in [0.717, 1.165) is 34.5 Å². The van der Waals surface area contributed by atoms with Crippen molar-refractivity contribution in [1.29, 1.82) is 0 Å². The number of hydrogen-bond donors (Lipinski definition) is 0. The molecule has 15 heteroatoms. The molecule has 0 atom stereocenters. The highest BCUT2D eigenvalue weighted by Gasteiger charge is 2.26. The van der Waals surface area contributed by atoms with Crippen LogP contribution in [0.1, 0.15) is 15.9 Å². The highest BCUT2D eigenvalue weighted by Crippen LogP contribution is 2.38. The monoisotopic (exact) mass is 555 g/mol. The van der Waals surface area contributed by atoms with Crippen LogP contribution in [0.3, 0.4) is 0 Å². The first-order valence-corrected chi connectivity index (χ1v) is 11.6. The van der Waals surface area contributed by atoms with Crippen LogP contribution in [0.15, 0.2) is 53.6 Å². The number of nitro benzene ring substituents is 2. The molecule has 0 N–H and O–H groups in total. The van der Waals surface area contributed by atoms with Crippen molar-refractivity contribution in [3.05, 3.63) is 85.7 Å². The molecule has 0 aliphatic carbocycles. The predicted molar refractivity (Wildman–Crippen MR) is 140 cm³/mol. The fraction of sp³-hybridized carbons (Fsp3) is 0.125. The summed E-state index contributed by atoms with van der Waals surface area (Å²) in [7, 11) is 4.27. The van der Waals surface area contributed by atoms with Crippen LogP contribution >= 0.6 is 11.3 Å². The predicted octanol–water partition coefficient (Wildman–Crippen LogP) is 4.96. The number of fused-ring (bicyclic) bond motifs is 1. The van der Waals surface area contributed by atoms with Gasteiger partial charge in [0, 0.05) is 17.7 Å². The van der Waals surface area contributed by atoms with Gasteiger partial charge in [0.2, 0.25) is 10.9 Å². The van der Waals surface area contributed by atoms with Crippen molar-refractivity contribution in [2.45, 2.75) is 0 Å². The van der Waals surface area contributed by atoms with E-state index >= 15 is 0 Å². The molecule has 4 rings (SSSR count). The number of benzene rings is 3. The second-order valence-corrected chi connectivity index (χ2v) is 8.69. The SMILES string of the molecule is COc1cc(/C=N/N(C(=O)c2cc([N+](=O)[O-])cc([N+](=O)[O-])c2)c2nc3ccc(F)cc3s2)cc(OC)c1OC.